The van der Waals surface area contributed by atoms with Crippen LogP contribution >= 0.6 is 11.6 Å². The second-order valence-electron chi connectivity index (χ2n) is 3.71. The third-order valence-electron chi connectivity index (χ3n) is 2.28. The van der Waals surface area contributed by atoms with Gasteiger partial charge in [0, 0.05) is 12.6 Å². The van der Waals surface area contributed by atoms with E-state index in [-0.39, 0.29) is 22.1 Å². The minimum absolute atomic E-state index is 0.00776. The Labute approximate surface area is 115 Å². The van der Waals surface area contributed by atoms with Crippen LogP contribution in [0.1, 0.15) is 23.7 Å². The van der Waals surface area contributed by atoms with E-state index in [9.17, 15) is 14.7 Å². The lowest BCUT2D eigenvalue weighted by Crippen LogP contribution is -2.39. The molecule has 1 rings (SSSR count). The fourth-order valence-corrected chi connectivity index (χ4v) is 1.57. The van der Waals surface area contributed by atoms with E-state index < -0.39 is 11.9 Å². The van der Waals surface area contributed by atoms with E-state index in [1.54, 1.807) is 0 Å². The van der Waals surface area contributed by atoms with Crippen LogP contribution in [0.15, 0.2) is 12.1 Å². The van der Waals surface area contributed by atoms with Gasteiger partial charge in [0.1, 0.15) is 0 Å². The van der Waals surface area contributed by atoms with Crippen LogP contribution in [0.3, 0.4) is 0 Å². The average Bonchev–Trinajstić information content (AvgIpc) is 2.38. The number of carbonyl (C=O) groups is 2. The van der Waals surface area contributed by atoms with Gasteiger partial charge in [-0.3, -0.25) is 10.1 Å². The van der Waals surface area contributed by atoms with Crippen molar-refractivity contribution in [2.45, 2.75) is 13.3 Å². The summed E-state index contributed by atoms with van der Waals surface area (Å²) in [6.45, 7) is 2.35. The zero-order valence-corrected chi connectivity index (χ0v) is 11.4. The Balaban J connectivity index is 2.83. The molecule has 0 aliphatic carbocycles. The molecule has 7 heteroatoms. The molecule has 104 valence electrons. The number of phenols is 1. The van der Waals surface area contributed by atoms with Crippen molar-refractivity contribution in [1.29, 1.82) is 0 Å². The van der Waals surface area contributed by atoms with Crippen molar-refractivity contribution in [3.8, 4) is 11.5 Å². The summed E-state index contributed by atoms with van der Waals surface area (Å²) >= 11 is 5.88. The monoisotopic (exact) mass is 286 g/mol. The van der Waals surface area contributed by atoms with Gasteiger partial charge in [0.05, 0.1) is 17.7 Å². The van der Waals surface area contributed by atoms with Gasteiger partial charge >= 0.3 is 6.03 Å². The molecule has 0 aromatic heterocycles. The highest BCUT2D eigenvalue weighted by Crippen LogP contribution is 2.31. The Morgan fingerprint density at radius 1 is 1.42 bits per heavy atom. The van der Waals surface area contributed by atoms with Gasteiger partial charge in [0.2, 0.25) is 0 Å². The molecule has 0 aliphatic rings. The first-order chi connectivity index (χ1) is 8.99. The molecular formula is C12H15ClN2O4. The predicted octanol–water partition coefficient (Wildman–Crippen LogP) is 1.90. The number of carbonyl (C=O) groups excluding carboxylic acids is 2. The van der Waals surface area contributed by atoms with Gasteiger partial charge in [-0.25, -0.2) is 4.79 Å². The average molecular weight is 287 g/mol. The maximum Gasteiger partial charge on any atom is 0.321 e. The molecule has 0 fully saturated rings. The zero-order chi connectivity index (χ0) is 14.4. The Morgan fingerprint density at radius 3 is 2.68 bits per heavy atom. The highest BCUT2D eigenvalue weighted by Gasteiger charge is 2.16. The van der Waals surface area contributed by atoms with Crippen molar-refractivity contribution in [3.63, 3.8) is 0 Å². The summed E-state index contributed by atoms with van der Waals surface area (Å²) < 4.78 is 4.85. The highest BCUT2D eigenvalue weighted by molar-refractivity contribution is 6.34. The molecular weight excluding hydrogens is 272 g/mol. The summed E-state index contributed by atoms with van der Waals surface area (Å²) in [5.74, 6) is -0.778. The third kappa shape index (κ3) is 4.03. The van der Waals surface area contributed by atoms with Crippen molar-refractivity contribution in [3.05, 3.63) is 22.7 Å². The van der Waals surface area contributed by atoms with Crippen LogP contribution in [0.25, 0.3) is 0 Å². The summed E-state index contributed by atoms with van der Waals surface area (Å²) in [7, 11) is 1.36. The van der Waals surface area contributed by atoms with Crippen LogP contribution in [0.5, 0.6) is 11.5 Å². The molecule has 19 heavy (non-hydrogen) atoms. The summed E-state index contributed by atoms with van der Waals surface area (Å²) in [6.07, 6.45) is 0.756. The SMILES string of the molecule is CCCNC(=O)NC(=O)c1cc(O)c(OC)cc1Cl. The number of hydrogen-bond acceptors (Lipinski definition) is 4. The van der Waals surface area contributed by atoms with Gasteiger partial charge in [-0.1, -0.05) is 18.5 Å². The first-order valence-electron chi connectivity index (χ1n) is 5.65. The number of ether oxygens (including phenoxy) is 1. The topological polar surface area (TPSA) is 87.7 Å². The molecule has 0 unspecified atom stereocenters. The Kier molecular flexibility index (Phi) is 5.44. The van der Waals surface area contributed by atoms with E-state index in [0.29, 0.717) is 6.54 Å². The number of halogens is 1. The van der Waals surface area contributed by atoms with Gasteiger partial charge in [-0.2, -0.15) is 0 Å². The molecule has 3 amide bonds. The van der Waals surface area contributed by atoms with Crippen LogP contribution in [0.2, 0.25) is 5.02 Å². The summed E-state index contributed by atoms with van der Waals surface area (Å²) in [4.78, 5) is 23.1. The smallest absolute Gasteiger partial charge is 0.321 e. The second kappa shape index (κ2) is 6.84. The van der Waals surface area contributed by atoms with Crippen molar-refractivity contribution in [2.24, 2.45) is 0 Å². The fourth-order valence-electron chi connectivity index (χ4n) is 1.33. The van der Waals surface area contributed by atoms with E-state index >= 15 is 0 Å². The minimum atomic E-state index is -0.698. The van der Waals surface area contributed by atoms with E-state index in [4.69, 9.17) is 16.3 Å². The maximum atomic E-state index is 11.8. The molecule has 3 N–H and O–H groups in total. The number of hydrogen-bond donors (Lipinski definition) is 3. The zero-order valence-electron chi connectivity index (χ0n) is 10.6. The largest absolute Gasteiger partial charge is 0.504 e. The number of methoxy groups -OCH3 is 1. The molecule has 0 heterocycles. The lowest BCUT2D eigenvalue weighted by atomic mass is 10.2. The lowest BCUT2D eigenvalue weighted by molar-refractivity contribution is 0.0963. The quantitative estimate of drug-likeness (QED) is 0.789. The van der Waals surface area contributed by atoms with Crippen molar-refractivity contribution in [2.75, 3.05) is 13.7 Å². The second-order valence-corrected chi connectivity index (χ2v) is 4.12. The van der Waals surface area contributed by atoms with Crippen LogP contribution in [-0.2, 0) is 0 Å². The van der Waals surface area contributed by atoms with E-state index in [2.05, 4.69) is 10.6 Å². The van der Waals surface area contributed by atoms with Gasteiger partial charge in [-0.15, -0.1) is 0 Å². The van der Waals surface area contributed by atoms with Crippen molar-refractivity contribution in [1.82, 2.24) is 10.6 Å². The van der Waals surface area contributed by atoms with Gasteiger partial charge in [0.15, 0.2) is 11.5 Å². The number of nitrogens with one attached hydrogen (secondary N) is 2. The summed E-state index contributed by atoms with van der Waals surface area (Å²) in [5.41, 5.74) is -0.00776. The van der Waals surface area contributed by atoms with E-state index in [1.807, 2.05) is 6.92 Å². The van der Waals surface area contributed by atoms with Crippen LogP contribution in [0, 0.1) is 0 Å². The van der Waals surface area contributed by atoms with Crippen molar-refractivity contribution >= 4 is 23.5 Å². The number of benzene rings is 1. The van der Waals surface area contributed by atoms with Gasteiger partial charge in [0.25, 0.3) is 5.91 Å². The molecule has 0 atom stereocenters. The third-order valence-corrected chi connectivity index (χ3v) is 2.59. The van der Waals surface area contributed by atoms with Gasteiger partial charge in [-0.05, 0) is 12.5 Å². The number of imide groups is 1. The maximum absolute atomic E-state index is 11.8. The molecule has 0 bridgehead atoms. The predicted molar refractivity (Wildman–Crippen MR) is 70.8 cm³/mol. The van der Waals surface area contributed by atoms with E-state index in [0.717, 1.165) is 12.5 Å². The van der Waals surface area contributed by atoms with Gasteiger partial charge < -0.3 is 15.2 Å². The number of urea groups is 1. The van der Waals surface area contributed by atoms with Crippen LogP contribution in [0.4, 0.5) is 4.79 Å². The summed E-state index contributed by atoms with van der Waals surface area (Å²) in [6, 6.07) is 1.83. The molecule has 0 radical (unpaired) electrons. The molecule has 0 spiro atoms. The Hall–Kier alpha value is -1.95. The van der Waals surface area contributed by atoms with Crippen LogP contribution in [-0.4, -0.2) is 30.7 Å². The van der Waals surface area contributed by atoms with Crippen molar-refractivity contribution < 1.29 is 19.4 Å². The summed E-state index contributed by atoms with van der Waals surface area (Å²) in [5, 5.41) is 14.3. The lowest BCUT2D eigenvalue weighted by Gasteiger charge is -2.09. The number of rotatable bonds is 4. The Morgan fingerprint density at radius 2 is 2.11 bits per heavy atom. The molecule has 0 saturated carbocycles. The number of phenolic OH excluding ortho intramolecular Hbond substituents is 1. The molecule has 0 saturated heterocycles. The van der Waals surface area contributed by atoms with E-state index in [1.165, 1.54) is 13.2 Å². The molecule has 1 aromatic carbocycles. The standard InChI is InChI=1S/C12H15ClN2O4/c1-3-4-14-12(18)15-11(17)7-5-9(16)10(19-2)6-8(7)13/h5-6,16H,3-4H2,1-2H3,(H2,14,15,17,18). The normalized spacial score (nSPS) is 9.84. The minimum Gasteiger partial charge on any atom is -0.504 e. The fraction of sp³-hybridized carbons (Fsp3) is 0.333. The first kappa shape index (κ1) is 15.1. The molecule has 0 aliphatic heterocycles. The highest BCUT2D eigenvalue weighted by atomic mass is 35.5. The van der Waals surface area contributed by atoms with Crippen LogP contribution < -0.4 is 15.4 Å². The first-order valence-corrected chi connectivity index (χ1v) is 6.03. The molecule has 1 aromatic rings. The molecule has 6 nitrogen and oxygen atoms in total. The number of amides is 3. The Bertz CT molecular complexity index is 491. The number of aromatic hydroxyl groups is 1.